The van der Waals surface area contributed by atoms with Crippen LogP contribution in [0.3, 0.4) is 0 Å². The number of benzene rings is 2. The summed E-state index contributed by atoms with van der Waals surface area (Å²) in [6, 6.07) is 14.0. The van der Waals surface area contributed by atoms with Crippen LogP contribution in [-0.2, 0) is 6.61 Å². The Balaban J connectivity index is 1.68. The number of carbonyl (C=O) groups is 1. The molecule has 1 heterocycles. The van der Waals surface area contributed by atoms with Crippen molar-refractivity contribution in [1.29, 1.82) is 0 Å². The molecule has 2 aromatic carbocycles. The van der Waals surface area contributed by atoms with Gasteiger partial charge in [0, 0.05) is 11.3 Å². The molecule has 0 atom stereocenters. The number of hydrogen-bond acceptors (Lipinski definition) is 4. The van der Waals surface area contributed by atoms with Crippen molar-refractivity contribution in [1.82, 2.24) is 5.32 Å². The van der Waals surface area contributed by atoms with Gasteiger partial charge >= 0.3 is 0 Å². The average Bonchev–Trinajstić information content (AvgIpc) is 3.11. The van der Waals surface area contributed by atoms with Crippen LogP contribution in [-0.4, -0.2) is 16.1 Å². The largest absolute Gasteiger partial charge is 0.459 e. The molecule has 138 valence electrons. The average molecular weight is 405 g/mol. The number of amides is 1. The van der Waals surface area contributed by atoms with Gasteiger partial charge in [-0.05, 0) is 54.7 Å². The van der Waals surface area contributed by atoms with Crippen LogP contribution in [0, 0.1) is 5.82 Å². The summed E-state index contributed by atoms with van der Waals surface area (Å²) in [6.45, 7) is -0.201. The van der Waals surface area contributed by atoms with Crippen molar-refractivity contribution in [2.24, 2.45) is 0 Å². The molecule has 0 saturated carbocycles. The standard InChI is InChI=1S/C19H14ClFN2O3S/c20-15-9-11(5-7-13(15)17-8-6-12(10-24)26-17)22-19(27)23-18(25)14-3-1-2-4-16(14)21/h1-9,24H,10H2,(H2,22,23,25,27). The minimum atomic E-state index is -0.652. The minimum Gasteiger partial charge on any atom is -0.459 e. The molecule has 1 aromatic heterocycles. The first-order valence-corrected chi connectivity index (χ1v) is 8.63. The molecule has 0 radical (unpaired) electrons. The minimum absolute atomic E-state index is 0.00707. The van der Waals surface area contributed by atoms with E-state index in [0.29, 0.717) is 27.8 Å². The number of halogens is 2. The van der Waals surface area contributed by atoms with E-state index in [1.807, 2.05) is 0 Å². The molecular weight excluding hydrogens is 391 g/mol. The van der Waals surface area contributed by atoms with Crippen LogP contribution in [0.4, 0.5) is 10.1 Å². The van der Waals surface area contributed by atoms with Gasteiger partial charge in [0.25, 0.3) is 5.91 Å². The molecule has 0 aliphatic rings. The van der Waals surface area contributed by atoms with Gasteiger partial charge in [0.2, 0.25) is 0 Å². The van der Waals surface area contributed by atoms with Gasteiger partial charge in [-0.1, -0.05) is 23.7 Å². The Morgan fingerprint density at radius 1 is 1.19 bits per heavy atom. The number of carbonyl (C=O) groups excluding carboxylic acids is 1. The van der Waals surface area contributed by atoms with Gasteiger partial charge in [-0.2, -0.15) is 0 Å². The summed E-state index contributed by atoms with van der Waals surface area (Å²) in [4.78, 5) is 12.1. The topological polar surface area (TPSA) is 74.5 Å². The molecule has 0 aliphatic carbocycles. The van der Waals surface area contributed by atoms with Crippen LogP contribution in [0.2, 0.25) is 5.02 Å². The predicted molar refractivity (Wildman–Crippen MR) is 105 cm³/mol. The molecule has 27 heavy (non-hydrogen) atoms. The molecule has 0 unspecified atom stereocenters. The molecule has 0 saturated heterocycles. The van der Waals surface area contributed by atoms with Gasteiger partial charge in [0.05, 0.1) is 10.6 Å². The zero-order valence-corrected chi connectivity index (χ0v) is 15.4. The first-order valence-electron chi connectivity index (χ1n) is 7.84. The number of nitrogens with one attached hydrogen (secondary N) is 2. The number of thiocarbonyl (C=S) groups is 1. The Hall–Kier alpha value is -2.74. The van der Waals surface area contributed by atoms with Gasteiger partial charge in [-0.25, -0.2) is 4.39 Å². The van der Waals surface area contributed by atoms with Gasteiger partial charge in [-0.15, -0.1) is 0 Å². The molecule has 0 bridgehead atoms. The normalized spacial score (nSPS) is 10.5. The first-order chi connectivity index (χ1) is 13.0. The maximum atomic E-state index is 13.6. The summed E-state index contributed by atoms with van der Waals surface area (Å²) in [5, 5.41) is 14.7. The van der Waals surface area contributed by atoms with E-state index < -0.39 is 11.7 Å². The molecule has 3 rings (SSSR count). The predicted octanol–water partition coefficient (Wildman–Crippen LogP) is 4.36. The number of anilines is 1. The monoisotopic (exact) mass is 404 g/mol. The van der Waals surface area contributed by atoms with E-state index in [4.69, 9.17) is 33.3 Å². The van der Waals surface area contributed by atoms with Gasteiger partial charge in [0.15, 0.2) is 5.11 Å². The SMILES string of the molecule is O=C(NC(=S)Nc1ccc(-c2ccc(CO)o2)c(Cl)c1)c1ccccc1F. The lowest BCUT2D eigenvalue weighted by Crippen LogP contribution is -2.34. The maximum absolute atomic E-state index is 13.6. The number of hydrogen-bond donors (Lipinski definition) is 3. The van der Waals surface area contributed by atoms with Gasteiger partial charge in [-0.3, -0.25) is 10.1 Å². The lowest BCUT2D eigenvalue weighted by atomic mass is 10.1. The van der Waals surface area contributed by atoms with Crippen LogP contribution < -0.4 is 10.6 Å². The molecule has 0 fully saturated rings. The third kappa shape index (κ3) is 4.51. The number of furan rings is 1. The highest BCUT2D eigenvalue weighted by Crippen LogP contribution is 2.31. The molecule has 3 N–H and O–H groups in total. The fraction of sp³-hybridized carbons (Fsp3) is 0.0526. The van der Waals surface area contributed by atoms with Crippen molar-refractivity contribution >= 4 is 40.5 Å². The third-order valence-electron chi connectivity index (χ3n) is 3.66. The molecular formula is C19H14ClFN2O3S. The molecule has 5 nitrogen and oxygen atoms in total. The van der Waals surface area contributed by atoms with E-state index in [1.54, 1.807) is 36.4 Å². The van der Waals surface area contributed by atoms with Crippen LogP contribution in [0.25, 0.3) is 11.3 Å². The highest BCUT2D eigenvalue weighted by atomic mass is 35.5. The Morgan fingerprint density at radius 2 is 1.96 bits per heavy atom. The summed E-state index contributed by atoms with van der Waals surface area (Å²) >= 11 is 11.4. The van der Waals surface area contributed by atoms with Crippen molar-refractivity contribution in [3.8, 4) is 11.3 Å². The number of aliphatic hydroxyl groups excluding tert-OH is 1. The highest BCUT2D eigenvalue weighted by Gasteiger charge is 2.13. The Bertz CT molecular complexity index is 1010. The smallest absolute Gasteiger partial charge is 0.260 e. The van der Waals surface area contributed by atoms with Gasteiger partial charge < -0.3 is 14.8 Å². The summed E-state index contributed by atoms with van der Waals surface area (Å²) < 4.78 is 19.1. The van der Waals surface area contributed by atoms with Crippen LogP contribution in [0.15, 0.2) is 59.0 Å². The lowest BCUT2D eigenvalue weighted by Gasteiger charge is -2.11. The van der Waals surface area contributed by atoms with Gasteiger partial charge in [0.1, 0.15) is 23.9 Å². The molecule has 3 aromatic rings. The van der Waals surface area contributed by atoms with Crippen molar-refractivity contribution in [2.45, 2.75) is 6.61 Å². The van der Waals surface area contributed by atoms with E-state index in [0.717, 1.165) is 0 Å². The first kappa shape index (κ1) is 19.0. The van der Waals surface area contributed by atoms with Crippen molar-refractivity contribution in [3.63, 3.8) is 0 Å². The van der Waals surface area contributed by atoms with E-state index in [9.17, 15) is 9.18 Å². The lowest BCUT2D eigenvalue weighted by molar-refractivity contribution is 0.0974. The second-order valence-corrected chi connectivity index (χ2v) is 6.32. The Morgan fingerprint density at radius 3 is 2.63 bits per heavy atom. The second kappa shape index (κ2) is 8.30. The van der Waals surface area contributed by atoms with E-state index in [2.05, 4.69) is 10.6 Å². The van der Waals surface area contributed by atoms with Crippen LogP contribution in [0.1, 0.15) is 16.1 Å². The zero-order chi connectivity index (χ0) is 19.4. The molecule has 1 amide bonds. The van der Waals surface area contributed by atoms with Crippen molar-refractivity contribution in [2.75, 3.05) is 5.32 Å². The number of aliphatic hydroxyl groups is 1. The van der Waals surface area contributed by atoms with Crippen LogP contribution in [0.5, 0.6) is 0 Å². The quantitative estimate of drug-likeness (QED) is 0.563. The van der Waals surface area contributed by atoms with E-state index >= 15 is 0 Å². The van der Waals surface area contributed by atoms with Crippen LogP contribution >= 0.6 is 23.8 Å². The van der Waals surface area contributed by atoms with Crippen molar-refractivity contribution in [3.05, 3.63) is 76.8 Å². The highest BCUT2D eigenvalue weighted by molar-refractivity contribution is 7.80. The summed E-state index contributed by atoms with van der Waals surface area (Å²) in [5.74, 6) is -0.335. The summed E-state index contributed by atoms with van der Waals surface area (Å²) in [5.41, 5.74) is 1.08. The van der Waals surface area contributed by atoms with Crippen molar-refractivity contribution < 1.29 is 18.7 Å². The Kier molecular flexibility index (Phi) is 5.85. The second-order valence-electron chi connectivity index (χ2n) is 5.51. The fourth-order valence-electron chi connectivity index (χ4n) is 2.38. The summed E-state index contributed by atoms with van der Waals surface area (Å²) in [6.07, 6.45) is 0. The summed E-state index contributed by atoms with van der Waals surface area (Å²) in [7, 11) is 0. The third-order valence-corrected chi connectivity index (χ3v) is 4.17. The van der Waals surface area contributed by atoms with E-state index in [-0.39, 0.29) is 17.3 Å². The number of rotatable bonds is 4. The Labute approximate surface area is 164 Å². The fourth-order valence-corrected chi connectivity index (χ4v) is 2.86. The molecule has 0 spiro atoms. The van der Waals surface area contributed by atoms with E-state index in [1.165, 1.54) is 18.2 Å². The maximum Gasteiger partial charge on any atom is 0.260 e. The molecule has 0 aliphatic heterocycles. The zero-order valence-electron chi connectivity index (χ0n) is 13.8. The molecule has 8 heteroatoms.